The fourth-order valence-corrected chi connectivity index (χ4v) is 2.38. The van der Waals surface area contributed by atoms with Crippen molar-refractivity contribution in [2.45, 2.75) is 39.5 Å². The maximum atomic E-state index is 12.7. The number of nitrogens with zero attached hydrogens (tertiary/aromatic N) is 1. The molecule has 1 N–H and O–H groups in total. The van der Waals surface area contributed by atoms with Crippen LogP contribution in [0.5, 0.6) is 5.75 Å². The number of benzene rings is 1. The molecule has 0 fully saturated rings. The van der Waals surface area contributed by atoms with Gasteiger partial charge >= 0.3 is 12.1 Å². The zero-order valence-electron chi connectivity index (χ0n) is 14.0. The van der Waals surface area contributed by atoms with Crippen LogP contribution in [0.1, 0.15) is 42.4 Å². The lowest BCUT2D eigenvalue weighted by molar-refractivity contribution is -0.137. The Labute approximate surface area is 143 Å². The third kappa shape index (κ3) is 4.29. The van der Waals surface area contributed by atoms with Crippen LogP contribution in [0.3, 0.4) is 0 Å². The summed E-state index contributed by atoms with van der Waals surface area (Å²) in [6.07, 6.45) is -4.32. The van der Waals surface area contributed by atoms with Gasteiger partial charge in [0.1, 0.15) is 11.3 Å². The molecule has 0 saturated carbocycles. The van der Waals surface area contributed by atoms with Gasteiger partial charge in [-0.2, -0.15) is 13.2 Å². The Bertz CT molecular complexity index is 768. The highest BCUT2D eigenvalue weighted by molar-refractivity contribution is 5.93. The van der Waals surface area contributed by atoms with Gasteiger partial charge in [-0.25, -0.2) is 4.79 Å². The molecule has 0 bridgehead atoms. The first-order valence-electron chi connectivity index (χ1n) is 7.75. The lowest BCUT2D eigenvalue weighted by atomic mass is 10.0. The highest BCUT2D eigenvalue weighted by Gasteiger charge is 2.30. The second kappa shape index (κ2) is 7.13. The van der Waals surface area contributed by atoms with Crippen molar-refractivity contribution < 1.29 is 27.8 Å². The van der Waals surface area contributed by atoms with Crippen molar-refractivity contribution in [3.8, 4) is 17.0 Å². The van der Waals surface area contributed by atoms with Crippen LogP contribution in [0.15, 0.2) is 30.3 Å². The molecule has 0 aliphatic heterocycles. The lowest BCUT2D eigenvalue weighted by Gasteiger charge is -2.16. The molecular formula is C18H18F3NO3. The molecule has 2 rings (SSSR count). The van der Waals surface area contributed by atoms with Gasteiger partial charge in [-0.1, -0.05) is 19.1 Å². The molecule has 0 aliphatic rings. The fraction of sp³-hybridized carbons (Fsp3) is 0.333. The number of aromatic carboxylic acids is 1. The zero-order chi connectivity index (χ0) is 18.8. The number of carboxylic acid groups (broad SMARTS) is 1. The second-order valence-corrected chi connectivity index (χ2v) is 5.73. The first-order valence-corrected chi connectivity index (χ1v) is 7.75. The maximum absolute atomic E-state index is 12.7. The second-order valence-electron chi connectivity index (χ2n) is 5.73. The molecule has 7 heteroatoms. The van der Waals surface area contributed by atoms with E-state index >= 15 is 0 Å². The largest absolute Gasteiger partial charge is 0.490 e. The van der Waals surface area contributed by atoms with Gasteiger partial charge in [0.15, 0.2) is 0 Å². The highest BCUT2D eigenvalue weighted by atomic mass is 19.4. The number of halogens is 3. The van der Waals surface area contributed by atoms with Crippen LogP contribution in [0, 0.1) is 0 Å². The van der Waals surface area contributed by atoms with Gasteiger partial charge in [0.25, 0.3) is 0 Å². The van der Waals surface area contributed by atoms with Crippen molar-refractivity contribution in [3.63, 3.8) is 0 Å². The Morgan fingerprint density at radius 3 is 2.28 bits per heavy atom. The predicted octanol–water partition coefficient (Wildman–Crippen LogP) is 4.82. The van der Waals surface area contributed by atoms with Crippen LogP contribution in [-0.2, 0) is 12.6 Å². The van der Waals surface area contributed by atoms with Gasteiger partial charge in [0.05, 0.1) is 23.1 Å². The summed E-state index contributed by atoms with van der Waals surface area (Å²) in [4.78, 5) is 15.8. The molecular weight excluding hydrogens is 335 g/mol. The van der Waals surface area contributed by atoms with Gasteiger partial charge in [0, 0.05) is 11.6 Å². The smallest absolute Gasteiger partial charge is 0.416 e. The summed E-state index contributed by atoms with van der Waals surface area (Å²) < 4.78 is 43.7. The summed E-state index contributed by atoms with van der Waals surface area (Å²) in [5.41, 5.74) is 0.361. The summed E-state index contributed by atoms with van der Waals surface area (Å²) in [5.74, 6) is -0.997. The number of hydrogen-bond acceptors (Lipinski definition) is 3. The van der Waals surface area contributed by atoms with Crippen LogP contribution in [0.4, 0.5) is 13.2 Å². The minimum atomic E-state index is -4.42. The monoisotopic (exact) mass is 353 g/mol. The van der Waals surface area contributed by atoms with Gasteiger partial charge in [-0.15, -0.1) is 0 Å². The van der Waals surface area contributed by atoms with Crippen LogP contribution in [0.2, 0.25) is 0 Å². The number of ether oxygens (including phenoxy) is 1. The maximum Gasteiger partial charge on any atom is 0.416 e. The molecule has 0 aliphatic carbocycles. The number of pyridine rings is 1. The molecule has 2 aromatic rings. The van der Waals surface area contributed by atoms with Crippen molar-refractivity contribution in [3.05, 3.63) is 47.2 Å². The average molecular weight is 353 g/mol. The first kappa shape index (κ1) is 18.8. The third-order valence-corrected chi connectivity index (χ3v) is 3.48. The van der Waals surface area contributed by atoms with Gasteiger partial charge < -0.3 is 9.84 Å². The molecule has 0 radical (unpaired) electrons. The molecule has 0 saturated heterocycles. The first-order chi connectivity index (χ1) is 11.6. The van der Waals surface area contributed by atoms with Crippen LogP contribution in [0.25, 0.3) is 11.3 Å². The van der Waals surface area contributed by atoms with E-state index in [1.807, 2.05) is 0 Å². The molecule has 0 unspecified atom stereocenters. The van der Waals surface area contributed by atoms with E-state index in [4.69, 9.17) is 4.74 Å². The Morgan fingerprint density at radius 1 is 1.24 bits per heavy atom. The molecule has 4 nitrogen and oxygen atoms in total. The third-order valence-electron chi connectivity index (χ3n) is 3.48. The number of carboxylic acids is 1. The van der Waals surface area contributed by atoms with Crippen LogP contribution < -0.4 is 4.74 Å². The Hall–Kier alpha value is -2.57. The summed E-state index contributed by atoms with van der Waals surface area (Å²) in [5, 5.41) is 9.43. The van der Waals surface area contributed by atoms with Crippen molar-refractivity contribution in [1.29, 1.82) is 0 Å². The van der Waals surface area contributed by atoms with Gasteiger partial charge in [0.2, 0.25) is 0 Å². The molecule has 134 valence electrons. The molecule has 0 spiro atoms. The number of carbonyl (C=O) groups is 1. The summed E-state index contributed by atoms with van der Waals surface area (Å²) >= 11 is 0. The number of aryl methyl sites for hydroxylation is 1. The molecule has 1 aromatic carbocycles. The van der Waals surface area contributed by atoms with E-state index < -0.39 is 17.7 Å². The number of hydrogen-bond donors (Lipinski definition) is 1. The SMILES string of the molecule is CCc1nc(-c2ccc(C(F)(F)F)cc2)cc(OC(C)C)c1C(=O)O. The Balaban J connectivity index is 2.56. The minimum Gasteiger partial charge on any atom is -0.490 e. The summed E-state index contributed by atoms with van der Waals surface area (Å²) in [7, 11) is 0. The normalized spacial score (nSPS) is 11.6. The molecule has 25 heavy (non-hydrogen) atoms. The average Bonchev–Trinajstić information content (AvgIpc) is 2.52. The van der Waals surface area contributed by atoms with Crippen LogP contribution in [-0.4, -0.2) is 22.2 Å². The number of alkyl halides is 3. The molecule has 0 amide bonds. The van der Waals surface area contributed by atoms with E-state index in [1.165, 1.54) is 18.2 Å². The van der Waals surface area contributed by atoms with Crippen molar-refractivity contribution in [2.24, 2.45) is 0 Å². The summed E-state index contributed by atoms with van der Waals surface area (Å²) in [6.45, 7) is 5.27. The topological polar surface area (TPSA) is 59.4 Å². The quantitative estimate of drug-likeness (QED) is 0.838. The molecule has 0 atom stereocenters. The Kier molecular flexibility index (Phi) is 5.35. The van der Waals surface area contributed by atoms with Gasteiger partial charge in [-0.05, 0) is 32.4 Å². The highest BCUT2D eigenvalue weighted by Crippen LogP contribution is 2.33. The van der Waals surface area contributed by atoms with E-state index in [0.717, 1.165) is 12.1 Å². The van der Waals surface area contributed by atoms with E-state index in [9.17, 15) is 23.1 Å². The predicted molar refractivity (Wildman–Crippen MR) is 86.8 cm³/mol. The fourth-order valence-electron chi connectivity index (χ4n) is 2.38. The van der Waals surface area contributed by atoms with E-state index in [1.54, 1.807) is 20.8 Å². The number of aromatic nitrogens is 1. The minimum absolute atomic E-state index is 0.0214. The molecule has 1 aromatic heterocycles. The van der Waals surface area contributed by atoms with Crippen LogP contribution >= 0.6 is 0 Å². The van der Waals surface area contributed by atoms with Crippen molar-refractivity contribution >= 4 is 5.97 Å². The standard InChI is InChI=1S/C18H18F3NO3/c1-4-13-16(17(23)24)15(25-10(2)3)9-14(22-13)11-5-7-12(8-6-11)18(19,20)21/h5-10H,4H2,1-3H3,(H,23,24). The van der Waals surface area contributed by atoms with Crippen molar-refractivity contribution in [2.75, 3.05) is 0 Å². The number of rotatable bonds is 5. The summed E-state index contributed by atoms with van der Waals surface area (Å²) in [6, 6.07) is 6.01. The van der Waals surface area contributed by atoms with E-state index in [2.05, 4.69) is 4.98 Å². The Morgan fingerprint density at radius 2 is 1.84 bits per heavy atom. The molecule has 1 heterocycles. The zero-order valence-corrected chi connectivity index (χ0v) is 14.0. The van der Waals surface area contributed by atoms with E-state index in [-0.39, 0.29) is 17.4 Å². The van der Waals surface area contributed by atoms with E-state index in [0.29, 0.717) is 23.4 Å². The van der Waals surface area contributed by atoms with Crippen molar-refractivity contribution in [1.82, 2.24) is 4.98 Å². The lowest BCUT2D eigenvalue weighted by Crippen LogP contribution is -2.13. The van der Waals surface area contributed by atoms with Gasteiger partial charge in [-0.3, -0.25) is 4.98 Å².